The van der Waals surface area contributed by atoms with Gasteiger partial charge in [-0.1, -0.05) is 36.4 Å². The third kappa shape index (κ3) is 5.70. The van der Waals surface area contributed by atoms with Gasteiger partial charge in [-0.3, -0.25) is 9.59 Å². The molecule has 0 aromatic heterocycles. The van der Waals surface area contributed by atoms with Crippen molar-refractivity contribution in [1.29, 1.82) is 0 Å². The van der Waals surface area contributed by atoms with E-state index in [1.54, 1.807) is 37.3 Å². The van der Waals surface area contributed by atoms with E-state index in [2.05, 4.69) is 11.9 Å². The number of rotatable bonds is 6. The molecule has 1 fully saturated rings. The highest BCUT2D eigenvalue weighted by atomic mass is 35.5. The summed E-state index contributed by atoms with van der Waals surface area (Å²) in [5.74, 6) is -0.822. The highest BCUT2D eigenvalue weighted by Gasteiger charge is 2.39. The van der Waals surface area contributed by atoms with Crippen LogP contribution in [0.25, 0.3) is 0 Å². The van der Waals surface area contributed by atoms with Gasteiger partial charge in [-0.15, -0.1) is 0 Å². The molecule has 0 aliphatic carbocycles. The number of halogens is 1. The SMILES string of the molecule is C=C(/C=C\C(Cl)=C/C)CNC(=O)[C@@H]1C[C@@H](O)CN1C(=O)c1cccc(O)c1. The van der Waals surface area contributed by atoms with Gasteiger partial charge < -0.3 is 20.4 Å². The number of nitrogens with one attached hydrogen (secondary N) is 1. The average molecular weight is 391 g/mol. The van der Waals surface area contributed by atoms with E-state index in [0.717, 1.165) is 0 Å². The molecule has 1 saturated heterocycles. The van der Waals surface area contributed by atoms with Crippen molar-refractivity contribution < 1.29 is 19.8 Å². The Kier molecular flexibility index (Phi) is 7.21. The van der Waals surface area contributed by atoms with Gasteiger partial charge in [-0.25, -0.2) is 0 Å². The number of hydrogen-bond donors (Lipinski definition) is 3. The van der Waals surface area contributed by atoms with Gasteiger partial charge in [0.15, 0.2) is 0 Å². The second-order valence-electron chi connectivity index (χ2n) is 6.30. The normalized spacial score (nSPS) is 20.1. The van der Waals surface area contributed by atoms with E-state index >= 15 is 0 Å². The van der Waals surface area contributed by atoms with Crippen LogP contribution in [0.4, 0.5) is 0 Å². The fourth-order valence-corrected chi connectivity index (χ4v) is 2.83. The van der Waals surface area contributed by atoms with Crippen molar-refractivity contribution in [1.82, 2.24) is 10.2 Å². The summed E-state index contributed by atoms with van der Waals surface area (Å²) in [6.07, 6.45) is 4.48. The number of aromatic hydroxyl groups is 1. The van der Waals surface area contributed by atoms with Gasteiger partial charge in [-0.05, 0) is 36.8 Å². The number of aliphatic hydroxyl groups excluding tert-OH is 1. The summed E-state index contributed by atoms with van der Waals surface area (Å²) < 4.78 is 0. The molecule has 0 saturated carbocycles. The van der Waals surface area contributed by atoms with Crippen molar-refractivity contribution in [3.63, 3.8) is 0 Å². The molecule has 3 N–H and O–H groups in total. The van der Waals surface area contributed by atoms with E-state index in [1.165, 1.54) is 17.0 Å². The lowest BCUT2D eigenvalue weighted by atomic mass is 10.1. The highest BCUT2D eigenvalue weighted by molar-refractivity contribution is 6.31. The van der Waals surface area contributed by atoms with Crippen LogP contribution in [0.15, 0.2) is 59.7 Å². The van der Waals surface area contributed by atoms with E-state index in [9.17, 15) is 19.8 Å². The van der Waals surface area contributed by atoms with Crippen LogP contribution >= 0.6 is 11.6 Å². The summed E-state index contributed by atoms with van der Waals surface area (Å²) in [5.41, 5.74) is 0.906. The lowest BCUT2D eigenvalue weighted by molar-refractivity contribution is -0.124. The first-order chi connectivity index (χ1) is 12.8. The summed E-state index contributed by atoms with van der Waals surface area (Å²) >= 11 is 5.87. The van der Waals surface area contributed by atoms with Gasteiger partial charge in [0.25, 0.3) is 5.91 Å². The predicted octanol–water partition coefficient (Wildman–Crippen LogP) is 2.34. The van der Waals surface area contributed by atoms with Crippen molar-refractivity contribution in [3.05, 3.63) is 65.2 Å². The fourth-order valence-electron chi connectivity index (χ4n) is 2.76. The molecule has 6 nitrogen and oxygen atoms in total. The molecule has 7 heteroatoms. The summed E-state index contributed by atoms with van der Waals surface area (Å²) in [5, 5.41) is 22.8. The Hall–Kier alpha value is -2.57. The molecular formula is C20H23ClN2O4. The van der Waals surface area contributed by atoms with Crippen molar-refractivity contribution >= 4 is 23.4 Å². The molecule has 0 radical (unpaired) electrons. The second kappa shape index (κ2) is 9.39. The first-order valence-corrected chi connectivity index (χ1v) is 8.93. The molecule has 1 aliphatic heterocycles. The quantitative estimate of drug-likeness (QED) is 0.650. The van der Waals surface area contributed by atoms with Crippen molar-refractivity contribution in [2.45, 2.75) is 25.5 Å². The van der Waals surface area contributed by atoms with Gasteiger partial charge in [-0.2, -0.15) is 0 Å². The number of allylic oxidation sites excluding steroid dienone is 3. The minimum atomic E-state index is -0.786. The van der Waals surface area contributed by atoms with Crippen LogP contribution in [0, 0.1) is 0 Å². The molecule has 144 valence electrons. The Balaban J connectivity index is 2.02. The number of phenolic OH excluding ortho intramolecular Hbond substituents is 1. The Morgan fingerprint density at radius 2 is 2.15 bits per heavy atom. The summed E-state index contributed by atoms with van der Waals surface area (Å²) in [4.78, 5) is 26.5. The van der Waals surface area contributed by atoms with Gasteiger partial charge in [0.1, 0.15) is 11.8 Å². The molecule has 0 unspecified atom stereocenters. The molecule has 1 heterocycles. The second-order valence-corrected chi connectivity index (χ2v) is 6.73. The largest absolute Gasteiger partial charge is 0.508 e. The molecule has 2 atom stereocenters. The first kappa shape index (κ1) is 20.7. The molecular weight excluding hydrogens is 368 g/mol. The minimum absolute atomic E-state index is 0.0375. The van der Waals surface area contributed by atoms with Gasteiger partial charge >= 0.3 is 0 Å². The number of carbonyl (C=O) groups excluding carboxylic acids is 2. The monoisotopic (exact) mass is 390 g/mol. The number of β-amino-alcohol motifs (C(OH)–C–C–N with tert-alkyl or cyclic N) is 1. The molecule has 1 aromatic rings. The molecule has 1 aliphatic rings. The van der Waals surface area contributed by atoms with Crippen molar-refractivity contribution in [2.75, 3.05) is 13.1 Å². The lowest BCUT2D eigenvalue weighted by Crippen LogP contribution is -2.46. The van der Waals surface area contributed by atoms with Gasteiger partial charge in [0, 0.05) is 30.1 Å². The van der Waals surface area contributed by atoms with Crippen molar-refractivity contribution in [3.8, 4) is 5.75 Å². The van der Waals surface area contributed by atoms with E-state index in [-0.39, 0.29) is 36.7 Å². The first-order valence-electron chi connectivity index (χ1n) is 8.55. The van der Waals surface area contributed by atoms with Crippen LogP contribution in [-0.2, 0) is 4.79 Å². The third-order valence-corrected chi connectivity index (χ3v) is 4.52. The van der Waals surface area contributed by atoms with Crippen LogP contribution in [0.5, 0.6) is 5.75 Å². The Labute approximate surface area is 163 Å². The average Bonchev–Trinajstić information content (AvgIpc) is 3.05. The number of amides is 2. The van der Waals surface area contributed by atoms with E-state index in [1.807, 2.05) is 0 Å². The van der Waals surface area contributed by atoms with Crippen LogP contribution in [0.1, 0.15) is 23.7 Å². The number of phenols is 1. The number of benzene rings is 1. The molecule has 1 aromatic carbocycles. The number of carbonyl (C=O) groups is 2. The highest BCUT2D eigenvalue weighted by Crippen LogP contribution is 2.22. The summed E-state index contributed by atoms with van der Waals surface area (Å²) in [6.45, 7) is 5.91. The Morgan fingerprint density at radius 3 is 2.81 bits per heavy atom. The van der Waals surface area contributed by atoms with Gasteiger partial charge in [0.05, 0.1) is 6.10 Å². The lowest BCUT2D eigenvalue weighted by Gasteiger charge is -2.24. The smallest absolute Gasteiger partial charge is 0.254 e. The number of hydrogen-bond acceptors (Lipinski definition) is 4. The summed E-state index contributed by atoms with van der Waals surface area (Å²) in [6, 6.07) is 5.11. The zero-order valence-corrected chi connectivity index (χ0v) is 15.8. The molecule has 0 bridgehead atoms. The van der Waals surface area contributed by atoms with Crippen LogP contribution in [0.3, 0.4) is 0 Å². The van der Waals surface area contributed by atoms with E-state index in [0.29, 0.717) is 10.6 Å². The van der Waals surface area contributed by atoms with Crippen LogP contribution in [-0.4, -0.2) is 52.2 Å². The molecule has 2 rings (SSSR count). The van der Waals surface area contributed by atoms with Gasteiger partial charge in [0.2, 0.25) is 5.91 Å². The maximum absolute atomic E-state index is 12.7. The maximum Gasteiger partial charge on any atom is 0.254 e. The standard InChI is InChI=1S/C20H23ClN2O4/c1-3-15(21)8-7-13(2)11-22-19(26)18-10-17(25)12-23(18)20(27)14-5-4-6-16(24)9-14/h3-9,17-18,24-25H,2,10-12H2,1H3,(H,22,26)/b8-7-,15-3+/t17-,18+/m1/s1. The third-order valence-electron chi connectivity index (χ3n) is 4.18. The minimum Gasteiger partial charge on any atom is -0.508 e. The van der Waals surface area contributed by atoms with Crippen molar-refractivity contribution in [2.24, 2.45) is 0 Å². The van der Waals surface area contributed by atoms with Crippen LogP contribution in [0.2, 0.25) is 0 Å². The van der Waals surface area contributed by atoms with Crippen LogP contribution < -0.4 is 5.32 Å². The summed E-state index contributed by atoms with van der Waals surface area (Å²) in [7, 11) is 0. The maximum atomic E-state index is 12.7. The predicted molar refractivity (Wildman–Crippen MR) is 104 cm³/mol. The Bertz CT molecular complexity index is 788. The number of likely N-dealkylation sites (tertiary alicyclic amines) is 1. The molecule has 2 amide bonds. The van der Waals surface area contributed by atoms with E-state index < -0.39 is 18.1 Å². The molecule has 0 spiro atoms. The topological polar surface area (TPSA) is 89.9 Å². The number of nitrogens with zero attached hydrogens (tertiary/aromatic N) is 1. The Morgan fingerprint density at radius 1 is 1.41 bits per heavy atom. The zero-order valence-electron chi connectivity index (χ0n) is 15.1. The zero-order chi connectivity index (χ0) is 20.0. The van der Waals surface area contributed by atoms with E-state index in [4.69, 9.17) is 11.6 Å². The molecule has 27 heavy (non-hydrogen) atoms. The fraction of sp³-hybridized carbons (Fsp3) is 0.300. The number of aliphatic hydroxyl groups is 1.